The van der Waals surface area contributed by atoms with E-state index in [0.29, 0.717) is 5.82 Å². The smallest absolute Gasteiger partial charge is 0.140 e. The Hall–Kier alpha value is -1.24. The maximum absolute atomic E-state index is 5.97. The number of methoxy groups -OCH3 is 1. The second-order valence-corrected chi connectivity index (χ2v) is 4.47. The van der Waals surface area contributed by atoms with Crippen LogP contribution in [0.15, 0.2) is 24.3 Å². The number of nitrogen functional groups attached to an aromatic ring is 1. The van der Waals surface area contributed by atoms with Gasteiger partial charge in [-0.05, 0) is 53.8 Å². The van der Waals surface area contributed by atoms with Crippen molar-refractivity contribution >= 4 is 28.4 Å². The van der Waals surface area contributed by atoms with Crippen molar-refractivity contribution in [1.82, 2.24) is 9.78 Å². The number of hydrogen-bond acceptors (Lipinski definition) is 3. The summed E-state index contributed by atoms with van der Waals surface area (Å²) in [4.78, 5) is 0. The number of hydrogen-bond donors (Lipinski definition) is 1. The summed E-state index contributed by atoms with van der Waals surface area (Å²) in [7, 11) is 1.64. The molecule has 16 heavy (non-hydrogen) atoms. The monoisotopic (exact) mass is 329 g/mol. The zero-order valence-electron chi connectivity index (χ0n) is 9.07. The summed E-state index contributed by atoms with van der Waals surface area (Å²) in [5.41, 5.74) is 7.84. The summed E-state index contributed by atoms with van der Waals surface area (Å²) in [5, 5.41) is 4.38. The van der Waals surface area contributed by atoms with Gasteiger partial charge in [0, 0.05) is 0 Å². The van der Waals surface area contributed by atoms with E-state index in [-0.39, 0.29) is 0 Å². The van der Waals surface area contributed by atoms with Crippen LogP contribution in [-0.2, 0) is 0 Å². The molecular formula is C11H12IN3O. The van der Waals surface area contributed by atoms with Crippen molar-refractivity contribution in [1.29, 1.82) is 0 Å². The fraction of sp³-hybridized carbons (Fsp3) is 0.182. The van der Waals surface area contributed by atoms with E-state index in [2.05, 4.69) is 27.7 Å². The second-order valence-electron chi connectivity index (χ2n) is 3.39. The zero-order valence-corrected chi connectivity index (χ0v) is 11.2. The number of benzene rings is 1. The lowest BCUT2D eigenvalue weighted by Gasteiger charge is -2.05. The molecule has 1 aromatic carbocycles. The Morgan fingerprint density at radius 1 is 1.31 bits per heavy atom. The first-order valence-electron chi connectivity index (χ1n) is 4.78. The molecule has 0 atom stereocenters. The summed E-state index contributed by atoms with van der Waals surface area (Å²) in [6.07, 6.45) is 0. The molecule has 0 saturated carbocycles. The zero-order chi connectivity index (χ0) is 11.7. The van der Waals surface area contributed by atoms with Crippen LogP contribution in [0.5, 0.6) is 5.75 Å². The van der Waals surface area contributed by atoms with Gasteiger partial charge in [-0.25, -0.2) is 4.68 Å². The van der Waals surface area contributed by atoms with Crippen molar-refractivity contribution in [2.24, 2.45) is 0 Å². The van der Waals surface area contributed by atoms with Crippen LogP contribution in [0.4, 0.5) is 5.82 Å². The Labute approximate surface area is 108 Å². The van der Waals surface area contributed by atoms with Crippen molar-refractivity contribution in [3.05, 3.63) is 33.5 Å². The molecule has 1 heterocycles. The summed E-state index contributed by atoms with van der Waals surface area (Å²) >= 11 is 2.20. The summed E-state index contributed by atoms with van der Waals surface area (Å²) < 4.78 is 7.83. The Morgan fingerprint density at radius 2 is 1.94 bits per heavy atom. The number of nitrogens with two attached hydrogens (primary N) is 1. The Balaban J connectivity index is 2.46. The first-order chi connectivity index (χ1) is 7.63. The molecule has 2 rings (SSSR count). The van der Waals surface area contributed by atoms with Gasteiger partial charge in [0.15, 0.2) is 0 Å². The van der Waals surface area contributed by atoms with E-state index in [4.69, 9.17) is 10.5 Å². The van der Waals surface area contributed by atoms with E-state index < -0.39 is 0 Å². The number of halogens is 1. The van der Waals surface area contributed by atoms with Gasteiger partial charge in [-0.2, -0.15) is 5.10 Å². The highest BCUT2D eigenvalue weighted by Gasteiger charge is 2.10. The third kappa shape index (κ3) is 1.87. The molecular weight excluding hydrogens is 317 g/mol. The lowest BCUT2D eigenvalue weighted by Crippen LogP contribution is -2.02. The van der Waals surface area contributed by atoms with Crippen LogP contribution in [0.2, 0.25) is 0 Å². The topological polar surface area (TPSA) is 53.1 Å². The molecule has 1 aromatic heterocycles. The number of rotatable bonds is 2. The molecule has 5 heteroatoms. The Kier molecular flexibility index (Phi) is 3.04. The highest BCUT2D eigenvalue weighted by Crippen LogP contribution is 2.23. The molecule has 84 valence electrons. The van der Waals surface area contributed by atoms with Gasteiger partial charge in [0.2, 0.25) is 0 Å². The normalized spacial score (nSPS) is 10.4. The molecule has 0 bridgehead atoms. The predicted molar refractivity (Wildman–Crippen MR) is 72.0 cm³/mol. The minimum atomic E-state index is 0.670. The van der Waals surface area contributed by atoms with Gasteiger partial charge >= 0.3 is 0 Å². The van der Waals surface area contributed by atoms with Crippen molar-refractivity contribution in [3.8, 4) is 11.4 Å². The van der Waals surface area contributed by atoms with E-state index >= 15 is 0 Å². The van der Waals surface area contributed by atoms with Crippen LogP contribution in [0.25, 0.3) is 5.69 Å². The molecule has 0 spiro atoms. The maximum Gasteiger partial charge on any atom is 0.140 e. The fourth-order valence-electron chi connectivity index (χ4n) is 1.45. The number of anilines is 1. The number of aromatic nitrogens is 2. The van der Waals surface area contributed by atoms with E-state index in [1.807, 2.05) is 31.2 Å². The standard InChI is InChI=1S/C11H12IN3O/c1-7-10(12)11(13)15(14-7)8-3-5-9(16-2)6-4-8/h3-6H,13H2,1-2H3. The van der Waals surface area contributed by atoms with Gasteiger partial charge in [0.25, 0.3) is 0 Å². The average molecular weight is 329 g/mol. The molecule has 0 radical (unpaired) electrons. The Bertz CT molecular complexity index is 505. The lowest BCUT2D eigenvalue weighted by molar-refractivity contribution is 0.414. The first kappa shape index (κ1) is 11.3. The summed E-state index contributed by atoms with van der Waals surface area (Å²) in [5.74, 6) is 1.49. The third-order valence-corrected chi connectivity index (χ3v) is 3.67. The minimum absolute atomic E-state index is 0.670. The van der Waals surface area contributed by atoms with Gasteiger partial charge in [-0.3, -0.25) is 0 Å². The lowest BCUT2D eigenvalue weighted by atomic mass is 10.3. The molecule has 0 unspecified atom stereocenters. The molecule has 0 fully saturated rings. The van der Waals surface area contributed by atoms with E-state index in [1.54, 1.807) is 11.8 Å². The average Bonchev–Trinajstić information content (AvgIpc) is 2.57. The summed E-state index contributed by atoms with van der Waals surface area (Å²) in [6.45, 7) is 1.94. The highest BCUT2D eigenvalue weighted by atomic mass is 127. The molecule has 0 aliphatic carbocycles. The van der Waals surface area contributed by atoms with Gasteiger partial charge in [-0.15, -0.1) is 0 Å². The van der Waals surface area contributed by atoms with Crippen LogP contribution < -0.4 is 10.5 Å². The predicted octanol–water partition coefficient (Wildman–Crippen LogP) is 2.38. The van der Waals surface area contributed by atoms with Crippen LogP contribution in [0.3, 0.4) is 0 Å². The van der Waals surface area contributed by atoms with Crippen LogP contribution in [0, 0.1) is 10.5 Å². The number of nitrogens with zero attached hydrogens (tertiary/aromatic N) is 2. The van der Waals surface area contributed by atoms with Gasteiger partial charge in [0.05, 0.1) is 22.1 Å². The number of aryl methyl sites for hydroxylation is 1. The third-order valence-electron chi connectivity index (χ3n) is 2.34. The molecule has 2 N–H and O–H groups in total. The fourth-order valence-corrected chi connectivity index (χ4v) is 1.78. The maximum atomic E-state index is 5.97. The van der Waals surface area contributed by atoms with Crippen LogP contribution in [-0.4, -0.2) is 16.9 Å². The largest absolute Gasteiger partial charge is 0.497 e. The Morgan fingerprint density at radius 3 is 2.38 bits per heavy atom. The van der Waals surface area contributed by atoms with Crippen molar-refractivity contribution < 1.29 is 4.74 Å². The van der Waals surface area contributed by atoms with Gasteiger partial charge < -0.3 is 10.5 Å². The SMILES string of the molecule is COc1ccc(-n2nc(C)c(I)c2N)cc1. The molecule has 4 nitrogen and oxygen atoms in total. The molecule has 0 aliphatic heterocycles. The second kappa shape index (κ2) is 4.32. The van der Waals surface area contributed by atoms with E-state index in [0.717, 1.165) is 20.7 Å². The molecule has 0 aliphatic rings. The highest BCUT2D eigenvalue weighted by molar-refractivity contribution is 14.1. The van der Waals surface area contributed by atoms with Crippen molar-refractivity contribution in [3.63, 3.8) is 0 Å². The van der Waals surface area contributed by atoms with Gasteiger partial charge in [0.1, 0.15) is 11.6 Å². The quantitative estimate of drug-likeness (QED) is 0.861. The number of ether oxygens (including phenoxy) is 1. The van der Waals surface area contributed by atoms with Crippen molar-refractivity contribution in [2.75, 3.05) is 12.8 Å². The molecule has 2 aromatic rings. The van der Waals surface area contributed by atoms with Crippen LogP contribution >= 0.6 is 22.6 Å². The van der Waals surface area contributed by atoms with Crippen molar-refractivity contribution in [2.45, 2.75) is 6.92 Å². The minimum Gasteiger partial charge on any atom is -0.497 e. The van der Waals surface area contributed by atoms with Crippen LogP contribution in [0.1, 0.15) is 5.69 Å². The molecule has 0 amide bonds. The van der Waals surface area contributed by atoms with Gasteiger partial charge in [-0.1, -0.05) is 0 Å². The van der Waals surface area contributed by atoms with E-state index in [1.165, 1.54) is 0 Å². The summed E-state index contributed by atoms with van der Waals surface area (Å²) in [6, 6.07) is 7.63. The van der Waals surface area contributed by atoms with E-state index in [9.17, 15) is 0 Å². The molecule has 0 saturated heterocycles. The first-order valence-corrected chi connectivity index (χ1v) is 5.86.